The highest BCUT2D eigenvalue weighted by Crippen LogP contribution is 2.34. The third-order valence-corrected chi connectivity index (χ3v) is 6.11. The van der Waals surface area contributed by atoms with Gasteiger partial charge in [0.2, 0.25) is 5.60 Å². The minimum absolute atomic E-state index is 0.409. The van der Waals surface area contributed by atoms with Gasteiger partial charge in [-0.05, 0) is 48.2 Å². The minimum atomic E-state index is -1.97. The second kappa shape index (κ2) is 9.18. The fourth-order valence-corrected chi connectivity index (χ4v) is 4.21. The lowest BCUT2D eigenvalue weighted by Gasteiger charge is -2.31. The fraction of sp³-hybridized carbons (Fsp3) is 0.0769. The Morgan fingerprint density at radius 3 is 2.06 bits per heavy atom. The molecule has 6 heteroatoms. The molecule has 0 aliphatic carbocycles. The van der Waals surface area contributed by atoms with Gasteiger partial charge in [-0.3, -0.25) is 15.0 Å². The molecule has 0 saturated heterocycles. The number of carbonyl (C=O) groups excluding carboxylic acids is 2. The summed E-state index contributed by atoms with van der Waals surface area (Å²) in [5.74, 6) is -1.14. The van der Waals surface area contributed by atoms with Crippen molar-refractivity contribution >= 4 is 28.8 Å². The maximum Gasteiger partial charge on any atom is 0.281 e. The van der Waals surface area contributed by atoms with Crippen LogP contribution in [0.25, 0.3) is 0 Å². The molecule has 0 spiro atoms. The van der Waals surface area contributed by atoms with Crippen LogP contribution in [0.2, 0.25) is 0 Å². The van der Waals surface area contributed by atoms with Gasteiger partial charge in [-0.2, -0.15) is 0 Å². The van der Waals surface area contributed by atoms with E-state index in [0.29, 0.717) is 21.7 Å². The molecule has 4 aromatic rings. The number of anilines is 1. The van der Waals surface area contributed by atoms with E-state index in [4.69, 9.17) is 0 Å². The van der Waals surface area contributed by atoms with Gasteiger partial charge in [0.1, 0.15) is 0 Å². The minimum Gasteiger partial charge on any atom is -0.371 e. The highest BCUT2D eigenvalue weighted by Gasteiger charge is 2.42. The van der Waals surface area contributed by atoms with Gasteiger partial charge in [0.15, 0.2) is 0 Å². The average molecular weight is 443 g/mol. The molecule has 32 heavy (non-hydrogen) atoms. The summed E-state index contributed by atoms with van der Waals surface area (Å²) < 4.78 is 0. The summed E-state index contributed by atoms with van der Waals surface area (Å²) in [6, 6.07) is 28.1. The van der Waals surface area contributed by atoms with Crippen LogP contribution in [0.3, 0.4) is 0 Å². The van der Waals surface area contributed by atoms with Gasteiger partial charge in [0.25, 0.3) is 11.8 Å². The quantitative estimate of drug-likeness (QED) is 0.441. The van der Waals surface area contributed by atoms with Gasteiger partial charge in [0, 0.05) is 5.56 Å². The number of hydrogen-bond donors (Lipinski definition) is 2. The number of hydrogen-bond acceptors (Lipinski definition) is 4. The largest absolute Gasteiger partial charge is 0.371 e. The lowest BCUT2D eigenvalue weighted by molar-refractivity contribution is -0.136. The molecule has 5 nitrogen and oxygen atoms in total. The number of amides is 2. The molecule has 160 valence electrons. The summed E-state index contributed by atoms with van der Waals surface area (Å²) in [6.45, 7) is 1.93. The van der Waals surface area contributed by atoms with Gasteiger partial charge in [-0.1, -0.05) is 72.3 Å². The average Bonchev–Trinajstić information content (AvgIpc) is 3.38. The van der Waals surface area contributed by atoms with E-state index in [1.165, 1.54) is 16.3 Å². The molecule has 2 amide bonds. The number of nitrogens with one attached hydrogen (secondary N) is 1. The molecule has 0 bridgehead atoms. The molecule has 0 unspecified atom stereocenters. The van der Waals surface area contributed by atoms with Crippen molar-refractivity contribution in [3.63, 3.8) is 0 Å². The van der Waals surface area contributed by atoms with Crippen molar-refractivity contribution in [2.24, 2.45) is 0 Å². The maximum atomic E-state index is 13.6. The number of para-hydroxylation sites is 1. The van der Waals surface area contributed by atoms with E-state index in [1.807, 2.05) is 31.2 Å². The van der Waals surface area contributed by atoms with Crippen molar-refractivity contribution in [2.45, 2.75) is 12.5 Å². The molecule has 3 aromatic carbocycles. The first-order valence-corrected chi connectivity index (χ1v) is 11.0. The van der Waals surface area contributed by atoms with Crippen LogP contribution >= 0.6 is 11.3 Å². The molecule has 4 rings (SSSR count). The Hall–Kier alpha value is -3.74. The van der Waals surface area contributed by atoms with Crippen LogP contribution in [0, 0.1) is 6.92 Å². The van der Waals surface area contributed by atoms with Crippen molar-refractivity contribution in [3.8, 4) is 0 Å². The van der Waals surface area contributed by atoms with E-state index in [2.05, 4.69) is 5.43 Å². The van der Waals surface area contributed by atoms with E-state index in [-0.39, 0.29) is 0 Å². The Kier molecular flexibility index (Phi) is 6.16. The molecule has 2 N–H and O–H groups in total. The van der Waals surface area contributed by atoms with E-state index >= 15 is 0 Å². The van der Waals surface area contributed by atoms with Crippen LogP contribution in [-0.4, -0.2) is 16.9 Å². The first kappa shape index (κ1) is 21.5. The summed E-state index contributed by atoms with van der Waals surface area (Å²) in [5, 5.41) is 14.7. The third kappa shape index (κ3) is 4.19. The molecule has 0 aliphatic rings. The number of thiophene rings is 1. The number of hydrazine groups is 1. The van der Waals surface area contributed by atoms with Crippen molar-refractivity contribution < 1.29 is 14.7 Å². The van der Waals surface area contributed by atoms with Crippen LogP contribution in [0.1, 0.15) is 26.4 Å². The van der Waals surface area contributed by atoms with Gasteiger partial charge in [0.05, 0.1) is 10.6 Å². The van der Waals surface area contributed by atoms with E-state index < -0.39 is 17.4 Å². The molecule has 0 fully saturated rings. The van der Waals surface area contributed by atoms with Crippen molar-refractivity contribution in [3.05, 3.63) is 124 Å². The first-order valence-electron chi connectivity index (χ1n) is 10.1. The summed E-state index contributed by atoms with van der Waals surface area (Å²) in [7, 11) is 0. The van der Waals surface area contributed by atoms with Crippen molar-refractivity contribution in [2.75, 3.05) is 5.01 Å². The first-order chi connectivity index (χ1) is 15.5. The fourth-order valence-electron chi connectivity index (χ4n) is 3.37. The zero-order chi connectivity index (χ0) is 22.6. The smallest absolute Gasteiger partial charge is 0.281 e. The van der Waals surface area contributed by atoms with Crippen LogP contribution < -0.4 is 10.4 Å². The topological polar surface area (TPSA) is 69.6 Å². The molecule has 0 radical (unpaired) electrons. The monoisotopic (exact) mass is 442 g/mol. The molecule has 1 atom stereocenters. The predicted molar refractivity (Wildman–Crippen MR) is 126 cm³/mol. The van der Waals surface area contributed by atoms with Gasteiger partial charge < -0.3 is 5.11 Å². The van der Waals surface area contributed by atoms with Crippen molar-refractivity contribution in [1.29, 1.82) is 0 Å². The number of benzene rings is 3. The molecular formula is C26H22N2O3S. The zero-order valence-electron chi connectivity index (χ0n) is 17.4. The standard InChI is InChI=1S/C26H22N2O3S/c1-19-14-16-21(17-15-19)26(31,23-13-8-18-32-23)25(30)27-28(22-11-6-3-7-12-22)24(29)20-9-4-2-5-10-20/h2-18,31H,1H3,(H,27,30)/t26-/m0/s1. The van der Waals surface area contributed by atoms with E-state index in [0.717, 1.165) is 5.56 Å². The molecule has 0 aliphatic heterocycles. The Balaban J connectivity index is 1.75. The van der Waals surface area contributed by atoms with Crippen LogP contribution in [-0.2, 0) is 10.4 Å². The van der Waals surface area contributed by atoms with E-state index in [1.54, 1.807) is 78.2 Å². The van der Waals surface area contributed by atoms with Crippen LogP contribution in [0.4, 0.5) is 5.69 Å². The summed E-state index contributed by atoms with van der Waals surface area (Å²) in [5.41, 5.74) is 3.02. The van der Waals surface area contributed by atoms with Crippen LogP contribution in [0.15, 0.2) is 102 Å². The lowest BCUT2D eigenvalue weighted by Crippen LogP contribution is -2.54. The second-order valence-corrected chi connectivity index (χ2v) is 8.28. The Morgan fingerprint density at radius 2 is 1.47 bits per heavy atom. The lowest BCUT2D eigenvalue weighted by atomic mass is 9.90. The van der Waals surface area contributed by atoms with E-state index in [9.17, 15) is 14.7 Å². The SMILES string of the molecule is Cc1ccc([C@@](O)(C(=O)NN(C(=O)c2ccccc2)c2ccccc2)c2cccs2)cc1. The second-order valence-electron chi connectivity index (χ2n) is 7.34. The Labute approximate surface area is 190 Å². The summed E-state index contributed by atoms with van der Waals surface area (Å²) in [4.78, 5) is 27.4. The number of nitrogens with zero attached hydrogens (tertiary/aromatic N) is 1. The van der Waals surface area contributed by atoms with Gasteiger partial charge >= 0.3 is 0 Å². The van der Waals surface area contributed by atoms with Crippen molar-refractivity contribution in [1.82, 2.24) is 5.43 Å². The number of aliphatic hydroxyl groups is 1. The summed E-state index contributed by atoms with van der Waals surface area (Å²) >= 11 is 1.27. The summed E-state index contributed by atoms with van der Waals surface area (Å²) in [6.07, 6.45) is 0. The number of carbonyl (C=O) groups is 2. The highest BCUT2D eigenvalue weighted by molar-refractivity contribution is 7.10. The third-order valence-electron chi connectivity index (χ3n) is 5.13. The zero-order valence-corrected chi connectivity index (χ0v) is 18.3. The number of rotatable bonds is 5. The Bertz CT molecular complexity index is 1190. The van der Waals surface area contributed by atoms with Gasteiger partial charge in [-0.15, -0.1) is 11.3 Å². The van der Waals surface area contributed by atoms with Crippen LogP contribution in [0.5, 0.6) is 0 Å². The maximum absolute atomic E-state index is 13.6. The molecule has 0 saturated carbocycles. The molecular weight excluding hydrogens is 420 g/mol. The molecule has 1 aromatic heterocycles. The normalized spacial score (nSPS) is 12.6. The number of aryl methyl sites for hydroxylation is 1. The highest BCUT2D eigenvalue weighted by atomic mass is 32.1. The Morgan fingerprint density at radius 1 is 0.844 bits per heavy atom. The van der Waals surface area contributed by atoms with Gasteiger partial charge in [-0.25, -0.2) is 5.01 Å². The molecule has 1 heterocycles. The predicted octanol–water partition coefficient (Wildman–Crippen LogP) is 4.67.